The van der Waals surface area contributed by atoms with Crippen molar-refractivity contribution in [1.82, 2.24) is 0 Å². The van der Waals surface area contributed by atoms with Crippen molar-refractivity contribution in [2.75, 3.05) is 0 Å². The van der Waals surface area contributed by atoms with E-state index in [-0.39, 0.29) is 10.8 Å². The molecule has 0 heterocycles. The third-order valence-corrected chi connectivity index (χ3v) is 7.60. The highest BCUT2D eigenvalue weighted by Crippen LogP contribution is 2.68. The second-order valence-electron chi connectivity index (χ2n) is 9.07. The molecule has 128 valence electrons. The van der Waals surface area contributed by atoms with Crippen molar-refractivity contribution in [3.05, 3.63) is 105 Å². The zero-order valence-electron chi connectivity index (χ0n) is 15.8. The molecule has 0 unspecified atom stereocenters. The molecule has 0 saturated heterocycles. The van der Waals surface area contributed by atoms with Gasteiger partial charge in [-0.15, -0.1) is 0 Å². The molecule has 0 heteroatoms. The highest BCUT2D eigenvalue weighted by Gasteiger charge is 2.60. The van der Waals surface area contributed by atoms with E-state index in [9.17, 15) is 0 Å². The van der Waals surface area contributed by atoms with Gasteiger partial charge in [-0.25, -0.2) is 0 Å². The van der Waals surface area contributed by atoms with Gasteiger partial charge >= 0.3 is 0 Å². The molecule has 0 radical (unpaired) electrons. The van der Waals surface area contributed by atoms with Crippen LogP contribution in [0.25, 0.3) is 0 Å². The zero-order valence-corrected chi connectivity index (χ0v) is 15.8. The lowest BCUT2D eigenvalue weighted by atomic mass is 9.41. The number of aryl methyl sites for hydroxylation is 2. The van der Waals surface area contributed by atoms with E-state index in [4.69, 9.17) is 0 Å². The predicted octanol–water partition coefficient (Wildman–Crippen LogP) is 6.11. The van der Waals surface area contributed by atoms with Gasteiger partial charge in [-0.3, -0.25) is 0 Å². The summed E-state index contributed by atoms with van der Waals surface area (Å²) >= 11 is 0. The fourth-order valence-corrected chi connectivity index (χ4v) is 6.57. The van der Waals surface area contributed by atoms with Crippen molar-refractivity contribution >= 4 is 0 Å². The summed E-state index contributed by atoms with van der Waals surface area (Å²) in [5.41, 5.74) is 12.7. The van der Waals surface area contributed by atoms with E-state index in [1.165, 1.54) is 29.5 Å². The lowest BCUT2D eigenvalue weighted by molar-refractivity contribution is 0.191. The Morgan fingerprint density at radius 1 is 0.808 bits per heavy atom. The quantitative estimate of drug-likeness (QED) is 0.465. The second kappa shape index (κ2) is 4.49. The van der Waals surface area contributed by atoms with Crippen LogP contribution in [0.2, 0.25) is 0 Å². The Morgan fingerprint density at radius 3 is 2.08 bits per heavy atom. The Bertz CT molecular complexity index is 1040. The molecule has 1 spiro atoms. The van der Waals surface area contributed by atoms with Gasteiger partial charge in [-0.2, -0.15) is 0 Å². The maximum Gasteiger partial charge on any atom is 0.0514 e. The molecule has 0 N–H and O–H groups in total. The van der Waals surface area contributed by atoms with Crippen molar-refractivity contribution in [2.45, 2.75) is 44.9 Å². The van der Waals surface area contributed by atoms with Gasteiger partial charge in [-0.05, 0) is 69.7 Å². The Hall–Kier alpha value is -2.34. The number of benzene rings is 3. The van der Waals surface area contributed by atoms with Crippen LogP contribution in [0, 0.1) is 12.3 Å². The van der Waals surface area contributed by atoms with E-state index in [0.29, 0.717) is 5.92 Å². The molecule has 7 rings (SSSR count). The van der Waals surface area contributed by atoms with Crippen molar-refractivity contribution in [3.63, 3.8) is 0 Å². The first kappa shape index (κ1) is 14.8. The van der Waals surface area contributed by atoms with Gasteiger partial charge in [0.05, 0.1) is 5.41 Å². The van der Waals surface area contributed by atoms with Gasteiger partial charge in [0.2, 0.25) is 0 Å². The molecule has 0 amide bonds. The highest BCUT2D eigenvalue weighted by atomic mass is 14.6. The van der Waals surface area contributed by atoms with Gasteiger partial charge in [0, 0.05) is 5.92 Å². The van der Waals surface area contributed by atoms with Gasteiger partial charge in [0.1, 0.15) is 0 Å². The third-order valence-electron chi connectivity index (χ3n) is 7.60. The molecule has 26 heavy (non-hydrogen) atoms. The lowest BCUT2D eigenvalue weighted by Crippen LogP contribution is -2.54. The predicted molar refractivity (Wildman–Crippen MR) is 107 cm³/mol. The van der Waals surface area contributed by atoms with Crippen LogP contribution in [0.3, 0.4) is 0 Å². The third kappa shape index (κ3) is 1.39. The summed E-state index contributed by atoms with van der Waals surface area (Å²) < 4.78 is 0. The van der Waals surface area contributed by atoms with Crippen LogP contribution in [0.1, 0.15) is 70.7 Å². The largest absolute Gasteiger partial charge is 0.0619 e. The Kier molecular flexibility index (Phi) is 2.55. The average molecular weight is 336 g/mol. The van der Waals surface area contributed by atoms with Crippen LogP contribution in [-0.2, 0) is 11.8 Å². The zero-order chi connectivity index (χ0) is 17.7. The van der Waals surface area contributed by atoms with Gasteiger partial charge in [0.25, 0.3) is 0 Å². The Labute approximate surface area is 155 Å². The van der Waals surface area contributed by atoms with E-state index in [1.54, 1.807) is 27.8 Å². The van der Waals surface area contributed by atoms with Crippen molar-refractivity contribution in [3.8, 4) is 0 Å². The van der Waals surface area contributed by atoms with E-state index in [2.05, 4.69) is 81.4 Å². The molecular formula is C26H24. The van der Waals surface area contributed by atoms with Crippen molar-refractivity contribution < 1.29 is 0 Å². The summed E-state index contributed by atoms with van der Waals surface area (Å²) in [5.74, 6) is 0.396. The molecule has 3 aromatic carbocycles. The molecule has 2 bridgehead atoms. The highest BCUT2D eigenvalue weighted by molar-refractivity contribution is 5.76. The van der Waals surface area contributed by atoms with Gasteiger partial charge < -0.3 is 0 Å². The molecule has 0 saturated carbocycles. The average Bonchev–Trinajstić information content (AvgIpc) is 2.66. The second-order valence-corrected chi connectivity index (χ2v) is 9.07. The molecule has 3 aromatic rings. The van der Waals surface area contributed by atoms with Crippen molar-refractivity contribution in [1.29, 1.82) is 0 Å². The van der Waals surface area contributed by atoms with Gasteiger partial charge in [-0.1, -0.05) is 74.5 Å². The van der Waals surface area contributed by atoms with E-state index >= 15 is 0 Å². The topological polar surface area (TPSA) is 0 Å². The summed E-state index contributed by atoms with van der Waals surface area (Å²) in [5, 5.41) is 0. The molecule has 0 aromatic heterocycles. The lowest BCUT2D eigenvalue weighted by Gasteiger charge is -2.61. The molecule has 0 atom stereocenters. The first-order valence-corrected chi connectivity index (χ1v) is 9.89. The summed E-state index contributed by atoms with van der Waals surface area (Å²) in [7, 11) is 0. The molecule has 0 aliphatic heterocycles. The van der Waals surface area contributed by atoms with Crippen LogP contribution in [0.5, 0.6) is 0 Å². The normalized spacial score (nSPS) is 26.0. The monoisotopic (exact) mass is 336 g/mol. The first-order chi connectivity index (χ1) is 12.6. The van der Waals surface area contributed by atoms with Crippen LogP contribution < -0.4 is 0 Å². The number of rotatable bonds is 0. The number of hydrogen-bond donors (Lipinski definition) is 0. The standard InChI is InChI=1S/C26H24/c1-16-12-13-17-14-15-25(2,3)26-20-10-6-4-8-18(20)23(22(16)24(17)26)19-9-5-7-11-21(19)26/h4-13,23H,14-15H2,1-3H3. The minimum Gasteiger partial charge on any atom is -0.0619 e. The Morgan fingerprint density at radius 2 is 1.42 bits per heavy atom. The number of hydrogen-bond acceptors (Lipinski definition) is 0. The maximum absolute atomic E-state index is 2.50. The smallest absolute Gasteiger partial charge is 0.0514 e. The Balaban J connectivity index is 1.92. The van der Waals surface area contributed by atoms with Gasteiger partial charge in [0.15, 0.2) is 0 Å². The van der Waals surface area contributed by atoms with E-state index < -0.39 is 0 Å². The summed E-state index contributed by atoms with van der Waals surface area (Å²) in [6, 6.07) is 23.3. The maximum atomic E-state index is 2.50. The fraction of sp³-hybridized carbons (Fsp3) is 0.308. The summed E-state index contributed by atoms with van der Waals surface area (Å²) in [6.45, 7) is 7.32. The minimum absolute atomic E-state index is 0.0100. The fourth-order valence-electron chi connectivity index (χ4n) is 6.57. The SMILES string of the molecule is Cc1ccc2c3c1C1c4ccccc4C3(c3ccccc31)C(C)(C)CC2. The van der Waals surface area contributed by atoms with E-state index in [0.717, 1.165) is 0 Å². The van der Waals surface area contributed by atoms with E-state index in [1.807, 2.05) is 0 Å². The first-order valence-electron chi connectivity index (χ1n) is 9.89. The molecule has 0 fully saturated rings. The van der Waals surface area contributed by atoms with Crippen LogP contribution >= 0.6 is 0 Å². The van der Waals surface area contributed by atoms with Crippen LogP contribution in [0.15, 0.2) is 60.7 Å². The van der Waals surface area contributed by atoms with Crippen LogP contribution in [-0.4, -0.2) is 0 Å². The van der Waals surface area contributed by atoms with Crippen molar-refractivity contribution in [2.24, 2.45) is 5.41 Å². The minimum atomic E-state index is -0.0100. The molecular weight excluding hydrogens is 312 g/mol. The molecule has 0 nitrogen and oxygen atoms in total. The molecule has 4 aliphatic rings. The summed E-state index contributed by atoms with van der Waals surface area (Å²) in [6.07, 6.45) is 2.43. The summed E-state index contributed by atoms with van der Waals surface area (Å²) in [4.78, 5) is 0. The molecule has 4 aliphatic carbocycles. The van der Waals surface area contributed by atoms with Crippen LogP contribution in [0.4, 0.5) is 0 Å².